The number of Topliss-reactive ketones (excluding diaryl/α,β-unsaturated/α-hetero) is 3. The number of halogens is 1. The van der Waals surface area contributed by atoms with Crippen molar-refractivity contribution in [1.82, 2.24) is 0 Å². The van der Waals surface area contributed by atoms with E-state index in [1.54, 1.807) is 73.8 Å². The number of ether oxygens (including phenoxy) is 2. The van der Waals surface area contributed by atoms with Crippen molar-refractivity contribution >= 4 is 40.7 Å². The number of hydrogen-bond donors (Lipinski definition) is 0. The van der Waals surface area contributed by atoms with Crippen LogP contribution < -0.4 is 14.4 Å². The van der Waals surface area contributed by atoms with Crippen molar-refractivity contribution in [2.24, 2.45) is 5.41 Å². The molecule has 7 rings (SSSR count). The van der Waals surface area contributed by atoms with Gasteiger partial charge in [-0.1, -0.05) is 84.4 Å². The van der Waals surface area contributed by atoms with E-state index in [2.05, 4.69) is 0 Å². The quantitative estimate of drug-likeness (QED) is 0.195. The van der Waals surface area contributed by atoms with Gasteiger partial charge in [-0.15, -0.1) is 0 Å². The van der Waals surface area contributed by atoms with E-state index in [0.717, 1.165) is 11.3 Å². The van der Waals surface area contributed by atoms with Crippen LogP contribution in [0.1, 0.15) is 48.1 Å². The molecule has 2 heterocycles. The maximum atomic E-state index is 14.8. The smallest absolute Gasteiger partial charge is 0.187 e. The average molecular weight is 576 g/mol. The van der Waals surface area contributed by atoms with Gasteiger partial charge in [0.05, 0.1) is 25.3 Å². The maximum Gasteiger partial charge on any atom is 0.187 e. The molecule has 0 bridgehead atoms. The molecule has 2 aliphatic heterocycles. The third kappa shape index (κ3) is 3.42. The van der Waals surface area contributed by atoms with Crippen LogP contribution in [0.4, 0.5) is 5.69 Å². The summed E-state index contributed by atoms with van der Waals surface area (Å²) in [6.07, 6.45) is 3.83. The number of rotatable bonds is 5. The molecule has 0 aromatic heterocycles. The summed E-state index contributed by atoms with van der Waals surface area (Å²) in [5.74, 6) is -0.849. The first-order valence-electron chi connectivity index (χ1n) is 13.7. The van der Waals surface area contributed by atoms with Crippen molar-refractivity contribution in [2.75, 3.05) is 19.1 Å². The second kappa shape index (κ2) is 9.71. The van der Waals surface area contributed by atoms with E-state index in [0.29, 0.717) is 38.8 Å². The molecule has 7 heteroatoms. The van der Waals surface area contributed by atoms with Crippen molar-refractivity contribution in [3.05, 3.63) is 130 Å². The molecule has 6 nitrogen and oxygen atoms in total. The summed E-state index contributed by atoms with van der Waals surface area (Å²) in [5.41, 5.74) is 1.62. The monoisotopic (exact) mass is 575 g/mol. The van der Waals surface area contributed by atoms with Gasteiger partial charge in [0.15, 0.2) is 17.3 Å². The van der Waals surface area contributed by atoms with Crippen molar-refractivity contribution in [3.8, 4) is 11.5 Å². The standard InChI is InChI=1S/C35H26ClNO5/c1-41-21-16-17-25(28(19-21)42-2)30-31(32(38)24-12-6-7-13-26(24)36)37-27-14-8-3-9-20(27)15-18-29(37)35(30)33(39)22-10-4-5-11-23(22)34(35)40/h3-19,29-31H,1-2H3/t29-,30+,31-/m0/s1. The van der Waals surface area contributed by atoms with E-state index in [4.69, 9.17) is 21.1 Å². The Balaban J connectivity index is 1.58. The molecule has 0 radical (unpaired) electrons. The minimum absolute atomic E-state index is 0.285. The van der Waals surface area contributed by atoms with Crippen molar-refractivity contribution < 1.29 is 23.9 Å². The molecule has 208 valence electrons. The number of fused-ring (bicyclic) bond motifs is 5. The number of nitrogens with zero attached hydrogens (tertiary/aromatic N) is 1. The van der Waals surface area contributed by atoms with Gasteiger partial charge in [-0.3, -0.25) is 14.4 Å². The zero-order valence-corrected chi connectivity index (χ0v) is 23.7. The van der Waals surface area contributed by atoms with Crippen LogP contribution in [0.5, 0.6) is 11.5 Å². The molecule has 0 amide bonds. The fourth-order valence-corrected chi connectivity index (χ4v) is 7.39. The predicted octanol–water partition coefficient (Wildman–Crippen LogP) is 6.67. The summed E-state index contributed by atoms with van der Waals surface area (Å²) in [7, 11) is 3.08. The van der Waals surface area contributed by atoms with Crippen LogP contribution >= 0.6 is 11.6 Å². The van der Waals surface area contributed by atoms with Gasteiger partial charge in [0.25, 0.3) is 0 Å². The summed E-state index contributed by atoms with van der Waals surface area (Å²) in [5, 5.41) is 0.300. The Morgan fingerprint density at radius 3 is 2.19 bits per heavy atom. The highest BCUT2D eigenvalue weighted by Gasteiger charge is 2.72. The molecule has 4 aromatic carbocycles. The zero-order valence-electron chi connectivity index (χ0n) is 22.9. The number of anilines is 1. The molecule has 1 fully saturated rings. The Labute approximate surface area is 248 Å². The first kappa shape index (κ1) is 26.2. The van der Waals surface area contributed by atoms with E-state index in [1.165, 1.54) is 7.11 Å². The lowest BCUT2D eigenvalue weighted by molar-refractivity contribution is 0.0665. The van der Waals surface area contributed by atoms with E-state index in [1.807, 2.05) is 41.3 Å². The molecule has 0 unspecified atom stereocenters. The molecule has 1 aliphatic carbocycles. The van der Waals surface area contributed by atoms with Gasteiger partial charge < -0.3 is 14.4 Å². The molecule has 1 spiro atoms. The summed E-state index contributed by atoms with van der Waals surface area (Å²) in [6.45, 7) is 0. The van der Waals surface area contributed by atoms with Crippen molar-refractivity contribution in [1.29, 1.82) is 0 Å². The largest absolute Gasteiger partial charge is 0.497 e. The van der Waals surface area contributed by atoms with Gasteiger partial charge in [0.1, 0.15) is 23.0 Å². The number of methoxy groups -OCH3 is 2. The predicted molar refractivity (Wildman–Crippen MR) is 161 cm³/mol. The summed E-state index contributed by atoms with van der Waals surface area (Å²) >= 11 is 6.62. The van der Waals surface area contributed by atoms with E-state index in [9.17, 15) is 14.4 Å². The normalized spacial score (nSPS) is 21.2. The fourth-order valence-electron chi connectivity index (χ4n) is 7.16. The van der Waals surface area contributed by atoms with Crippen molar-refractivity contribution in [3.63, 3.8) is 0 Å². The Hall–Kier alpha value is -4.68. The Kier molecular flexibility index (Phi) is 6.06. The maximum absolute atomic E-state index is 14.8. The summed E-state index contributed by atoms with van der Waals surface area (Å²) in [4.78, 5) is 46.4. The van der Waals surface area contributed by atoms with E-state index >= 15 is 0 Å². The molecule has 1 saturated heterocycles. The molecule has 3 aliphatic rings. The number of carbonyl (C=O) groups is 3. The highest BCUT2D eigenvalue weighted by Crippen LogP contribution is 2.62. The third-order valence-electron chi connectivity index (χ3n) is 8.90. The Morgan fingerprint density at radius 1 is 0.833 bits per heavy atom. The van der Waals surface area contributed by atoms with E-state index < -0.39 is 23.4 Å². The number of carbonyl (C=O) groups excluding carboxylic acids is 3. The van der Waals surface area contributed by atoms with Crippen LogP contribution in [0.25, 0.3) is 6.08 Å². The number of hydrogen-bond acceptors (Lipinski definition) is 6. The first-order chi connectivity index (χ1) is 20.4. The fraction of sp³-hybridized carbons (Fsp3) is 0.171. The second-order valence-corrected chi connectivity index (χ2v) is 11.1. The summed E-state index contributed by atoms with van der Waals surface area (Å²) in [6, 6.07) is 25.1. The minimum Gasteiger partial charge on any atom is -0.497 e. The van der Waals surface area contributed by atoms with Crippen LogP contribution in [0.15, 0.2) is 97.1 Å². The van der Waals surface area contributed by atoms with Gasteiger partial charge in [-0.05, 0) is 29.8 Å². The lowest BCUT2D eigenvalue weighted by atomic mass is 9.64. The molecular weight excluding hydrogens is 550 g/mol. The van der Waals surface area contributed by atoms with Crippen LogP contribution in [-0.4, -0.2) is 43.7 Å². The average Bonchev–Trinajstić information content (AvgIpc) is 3.46. The second-order valence-electron chi connectivity index (χ2n) is 10.7. The summed E-state index contributed by atoms with van der Waals surface area (Å²) < 4.78 is 11.3. The Morgan fingerprint density at radius 2 is 1.50 bits per heavy atom. The number of para-hydroxylation sites is 1. The lowest BCUT2D eigenvalue weighted by Crippen LogP contribution is -2.48. The molecule has 4 aromatic rings. The van der Waals surface area contributed by atoms with E-state index in [-0.39, 0.29) is 17.3 Å². The van der Waals surface area contributed by atoms with Gasteiger partial charge in [0, 0.05) is 39.9 Å². The first-order valence-corrected chi connectivity index (χ1v) is 14.1. The number of benzene rings is 4. The molecular formula is C35H26ClNO5. The molecule has 3 atom stereocenters. The molecule has 0 saturated carbocycles. The van der Waals surface area contributed by atoms with Crippen LogP contribution in [-0.2, 0) is 0 Å². The SMILES string of the molecule is COc1ccc([C@@H]2[C@@H](C(=O)c3ccccc3Cl)N3c4ccccc4C=C[C@H]3C23C(=O)c2ccccc2C3=O)c(OC)c1. The van der Waals surface area contributed by atoms with Gasteiger partial charge >= 0.3 is 0 Å². The number of ketones is 3. The van der Waals surface area contributed by atoms with Gasteiger partial charge in [0.2, 0.25) is 0 Å². The minimum atomic E-state index is -1.64. The van der Waals surface area contributed by atoms with Crippen LogP contribution in [0.3, 0.4) is 0 Å². The molecule has 0 N–H and O–H groups in total. The van der Waals surface area contributed by atoms with Gasteiger partial charge in [-0.2, -0.15) is 0 Å². The third-order valence-corrected chi connectivity index (χ3v) is 9.23. The highest BCUT2D eigenvalue weighted by molar-refractivity contribution is 6.35. The topological polar surface area (TPSA) is 72.9 Å². The molecule has 42 heavy (non-hydrogen) atoms. The van der Waals surface area contributed by atoms with Crippen LogP contribution in [0.2, 0.25) is 5.02 Å². The zero-order chi connectivity index (χ0) is 29.2. The van der Waals surface area contributed by atoms with Crippen molar-refractivity contribution in [2.45, 2.75) is 18.0 Å². The van der Waals surface area contributed by atoms with Gasteiger partial charge in [-0.25, -0.2) is 0 Å². The highest BCUT2D eigenvalue weighted by atomic mass is 35.5. The Bertz CT molecular complexity index is 1790. The van der Waals surface area contributed by atoms with Crippen LogP contribution in [0, 0.1) is 5.41 Å². The lowest BCUT2D eigenvalue weighted by Gasteiger charge is -2.37.